The molecule has 1 saturated heterocycles. The van der Waals surface area contributed by atoms with E-state index in [2.05, 4.69) is 41.8 Å². The van der Waals surface area contributed by atoms with Crippen molar-refractivity contribution in [3.05, 3.63) is 23.8 Å². The molecule has 1 aromatic carbocycles. The summed E-state index contributed by atoms with van der Waals surface area (Å²) in [5, 5.41) is 0. The van der Waals surface area contributed by atoms with E-state index in [4.69, 9.17) is 0 Å². The molecule has 3 aliphatic heterocycles. The molecule has 3 aliphatic rings. The van der Waals surface area contributed by atoms with Crippen molar-refractivity contribution in [2.24, 2.45) is 0 Å². The average molecular weight is 274 g/mol. The van der Waals surface area contributed by atoms with Crippen LogP contribution in [0.5, 0.6) is 0 Å². The van der Waals surface area contributed by atoms with Gasteiger partial charge in [-0.05, 0) is 31.9 Å². The molecule has 0 bridgehead atoms. The number of benzene rings is 1. The Morgan fingerprint density at radius 3 is 3.00 bits per heavy atom. The van der Waals surface area contributed by atoms with Crippen molar-refractivity contribution >= 4 is 17.4 Å². The molecule has 1 fully saturated rings. The van der Waals surface area contributed by atoms with Gasteiger partial charge in [-0.1, -0.05) is 12.1 Å². The Kier molecular flexibility index (Phi) is 2.82. The highest BCUT2D eigenvalue weighted by molar-refractivity contribution is 7.99. The van der Waals surface area contributed by atoms with Crippen LogP contribution in [0.4, 0.5) is 5.69 Å². The Hall–Kier alpha value is -0.670. The molecule has 0 aromatic heterocycles. The largest absolute Gasteiger partial charge is 0.366 e. The Morgan fingerprint density at radius 1 is 1.26 bits per heavy atom. The van der Waals surface area contributed by atoms with Crippen LogP contribution in [0, 0.1) is 0 Å². The molecule has 3 heterocycles. The zero-order valence-corrected chi connectivity index (χ0v) is 12.6. The predicted octanol–water partition coefficient (Wildman–Crippen LogP) is 3.18. The molecule has 3 heteroatoms. The van der Waals surface area contributed by atoms with E-state index in [1.54, 1.807) is 11.3 Å². The molecule has 0 aliphatic carbocycles. The number of rotatable bonds is 1. The highest BCUT2D eigenvalue weighted by Gasteiger charge is 2.43. The summed E-state index contributed by atoms with van der Waals surface area (Å²) < 4.78 is 0. The Morgan fingerprint density at radius 2 is 2.16 bits per heavy atom. The van der Waals surface area contributed by atoms with Crippen molar-refractivity contribution in [3.8, 4) is 0 Å². The number of para-hydroxylation sites is 1. The van der Waals surface area contributed by atoms with Crippen LogP contribution in [0.1, 0.15) is 31.7 Å². The second-order valence-electron chi connectivity index (χ2n) is 6.29. The first kappa shape index (κ1) is 12.1. The minimum Gasteiger partial charge on any atom is -0.366 e. The molecule has 0 saturated carbocycles. The zero-order valence-electron chi connectivity index (χ0n) is 11.8. The topological polar surface area (TPSA) is 6.48 Å². The van der Waals surface area contributed by atoms with Gasteiger partial charge in [0.15, 0.2) is 0 Å². The van der Waals surface area contributed by atoms with Gasteiger partial charge in [0.05, 0.1) is 5.69 Å². The van der Waals surface area contributed by atoms with Crippen molar-refractivity contribution in [2.45, 2.75) is 43.2 Å². The van der Waals surface area contributed by atoms with Crippen molar-refractivity contribution < 1.29 is 0 Å². The zero-order chi connectivity index (χ0) is 13.0. The van der Waals surface area contributed by atoms with Gasteiger partial charge in [-0.3, -0.25) is 0 Å². The van der Waals surface area contributed by atoms with Gasteiger partial charge in [0.25, 0.3) is 0 Å². The Labute approximate surface area is 120 Å². The molecule has 0 N–H and O–H groups in total. The molecule has 0 amide bonds. The van der Waals surface area contributed by atoms with Crippen LogP contribution in [0.2, 0.25) is 0 Å². The first-order valence-electron chi connectivity index (χ1n) is 7.52. The molecule has 1 aromatic rings. The van der Waals surface area contributed by atoms with Gasteiger partial charge < -0.3 is 9.80 Å². The molecule has 0 spiro atoms. The lowest BCUT2D eigenvalue weighted by atomic mass is 9.88. The van der Waals surface area contributed by atoms with Crippen LogP contribution in [-0.4, -0.2) is 42.4 Å². The first-order valence-corrected chi connectivity index (χ1v) is 8.50. The van der Waals surface area contributed by atoms with Crippen LogP contribution in [0.3, 0.4) is 0 Å². The van der Waals surface area contributed by atoms with E-state index in [0.29, 0.717) is 6.04 Å². The fourth-order valence-electron chi connectivity index (χ4n) is 4.07. The number of likely N-dealkylation sites (tertiary alicyclic amines) is 1. The van der Waals surface area contributed by atoms with Gasteiger partial charge in [-0.2, -0.15) is 0 Å². The third-order valence-electron chi connectivity index (χ3n) is 5.05. The van der Waals surface area contributed by atoms with Gasteiger partial charge in [0.2, 0.25) is 0 Å². The SMILES string of the molecule is CC(C)N1CCC2[C@H](C1)c1cccc3c1N2CCS3. The summed E-state index contributed by atoms with van der Waals surface area (Å²) in [5.74, 6) is 2.00. The lowest BCUT2D eigenvalue weighted by molar-refractivity contribution is 0.157. The molecule has 19 heavy (non-hydrogen) atoms. The number of anilines is 1. The second-order valence-corrected chi connectivity index (χ2v) is 7.42. The summed E-state index contributed by atoms with van der Waals surface area (Å²) >= 11 is 2.04. The van der Waals surface area contributed by atoms with Gasteiger partial charge >= 0.3 is 0 Å². The maximum absolute atomic E-state index is 2.73. The summed E-state index contributed by atoms with van der Waals surface area (Å²) in [6, 6.07) is 8.41. The third-order valence-corrected chi connectivity index (χ3v) is 6.07. The summed E-state index contributed by atoms with van der Waals surface area (Å²) in [5.41, 5.74) is 3.21. The number of piperidine rings is 1. The highest BCUT2D eigenvalue weighted by atomic mass is 32.2. The fourth-order valence-corrected chi connectivity index (χ4v) is 5.13. The lowest BCUT2D eigenvalue weighted by Crippen LogP contribution is -2.49. The third kappa shape index (κ3) is 1.74. The highest BCUT2D eigenvalue weighted by Crippen LogP contribution is 2.50. The van der Waals surface area contributed by atoms with Crippen LogP contribution < -0.4 is 4.90 Å². The summed E-state index contributed by atoms with van der Waals surface area (Å²) in [7, 11) is 0. The average Bonchev–Trinajstić information content (AvgIpc) is 2.76. The Balaban J connectivity index is 1.74. The standard InChI is InChI=1S/C16H22N2S/c1-11(2)17-7-6-14-13(10-17)12-4-3-5-15-16(12)18(14)8-9-19-15/h3-5,11,13-14H,6-10H2,1-2H3/t13-,14?/m1/s1. The van der Waals surface area contributed by atoms with Gasteiger partial charge in [0, 0.05) is 48.3 Å². The lowest BCUT2D eigenvalue weighted by Gasteiger charge is -2.41. The quantitative estimate of drug-likeness (QED) is 0.776. The van der Waals surface area contributed by atoms with E-state index < -0.39 is 0 Å². The van der Waals surface area contributed by atoms with E-state index in [1.807, 2.05) is 11.8 Å². The number of hydrogen-bond donors (Lipinski definition) is 0. The molecule has 1 unspecified atom stereocenters. The van der Waals surface area contributed by atoms with Crippen LogP contribution in [-0.2, 0) is 0 Å². The van der Waals surface area contributed by atoms with Gasteiger partial charge in [-0.25, -0.2) is 0 Å². The smallest absolute Gasteiger partial charge is 0.0544 e. The maximum atomic E-state index is 2.73. The van der Waals surface area contributed by atoms with Gasteiger partial charge in [-0.15, -0.1) is 11.8 Å². The number of hydrogen-bond acceptors (Lipinski definition) is 3. The molecule has 2 nitrogen and oxygen atoms in total. The number of nitrogens with zero attached hydrogens (tertiary/aromatic N) is 2. The van der Waals surface area contributed by atoms with Crippen LogP contribution in [0.15, 0.2) is 23.1 Å². The normalized spacial score (nSPS) is 29.5. The van der Waals surface area contributed by atoms with E-state index in [1.165, 1.54) is 36.7 Å². The van der Waals surface area contributed by atoms with E-state index >= 15 is 0 Å². The summed E-state index contributed by atoms with van der Waals surface area (Å²) in [6.45, 7) is 8.43. The van der Waals surface area contributed by atoms with E-state index in [0.717, 1.165) is 12.0 Å². The molecule has 2 atom stereocenters. The summed E-state index contributed by atoms with van der Waals surface area (Å²) in [4.78, 5) is 6.91. The second kappa shape index (κ2) is 4.42. The molecule has 0 radical (unpaired) electrons. The minimum absolute atomic E-state index is 0.682. The molecule has 102 valence electrons. The van der Waals surface area contributed by atoms with E-state index in [9.17, 15) is 0 Å². The molecular weight excluding hydrogens is 252 g/mol. The van der Waals surface area contributed by atoms with E-state index in [-0.39, 0.29) is 0 Å². The first-order chi connectivity index (χ1) is 9.25. The van der Waals surface area contributed by atoms with Crippen molar-refractivity contribution in [2.75, 3.05) is 30.3 Å². The maximum Gasteiger partial charge on any atom is 0.0544 e. The van der Waals surface area contributed by atoms with Crippen molar-refractivity contribution in [1.29, 1.82) is 0 Å². The summed E-state index contributed by atoms with van der Waals surface area (Å²) in [6.07, 6.45) is 1.33. The Bertz CT molecular complexity index is 500. The molecular formula is C16H22N2S. The van der Waals surface area contributed by atoms with Crippen molar-refractivity contribution in [3.63, 3.8) is 0 Å². The number of thioether (sulfide) groups is 1. The van der Waals surface area contributed by atoms with Crippen molar-refractivity contribution in [1.82, 2.24) is 4.90 Å². The van der Waals surface area contributed by atoms with Gasteiger partial charge in [0.1, 0.15) is 0 Å². The number of fused-ring (bicyclic) bond motifs is 3. The van der Waals surface area contributed by atoms with Crippen LogP contribution in [0.25, 0.3) is 0 Å². The fraction of sp³-hybridized carbons (Fsp3) is 0.625. The molecule has 4 rings (SSSR count). The minimum atomic E-state index is 0.682. The monoisotopic (exact) mass is 274 g/mol. The predicted molar refractivity (Wildman–Crippen MR) is 82.4 cm³/mol. The van der Waals surface area contributed by atoms with Crippen LogP contribution >= 0.6 is 11.8 Å².